The van der Waals surface area contributed by atoms with Gasteiger partial charge in [-0.25, -0.2) is 0 Å². The van der Waals surface area contributed by atoms with Gasteiger partial charge < -0.3 is 19.9 Å². The lowest BCUT2D eigenvalue weighted by atomic mass is 10.1. The second-order valence-electron chi connectivity index (χ2n) is 7.33. The van der Waals surface area contributed by atoms with E-state index in [1.165, 1.54) is 13.8 Å². The molecule has 1 fully saturated rings. The first-order valence-electron chi connectivity index (χ1n) is 9.78. The Hall–Kier alpha value is -2.90. The standard InChI is InChI=1S/C21H29N3O5/c1-14-5-6-18(15(2)13-14)22-21(28)16(3)29-20(27)8-7-19(26)24-11-9-23(10-12-24)17(4)25/h5-6,13,16H,7-12H2,1-4H3,(H,22,28)/t16-/m1/s1. The summed E-state index contributed by atoms with van der Waals surface area (Å²) in [7, 11) is 0. The SMILES string of the molecule is CC(=O)N1CCN(C(=O)CCC(=O)O[C@H](C)C(=O)Nc2ccc(C)cc2C)CC1. The van der Waals surface area contributed by atoms with Crippen molar-refractivity contribution in [2.75, 3.05) is 31.5 Å². The molecule has 0 bridgehead atoms. The molecule has 1 aromatic carbocycles. The van der Waals surface area contributed by atoms with E-state index < -0.39 is 18.0 Å². The van der Waals surface area contributed by atoms with E-state index in [1.54, 1.807) is 9.80 Å². The minimum absolute atomic E-state index is 0.00577. The van der Waals surface area contributed by atoms with Gasteiger partial charge in [0, 0.05) is 45.2 Å². The number of nitrogens with zero attached hydrogens (tertiary/aromatic N) is 2. The first-order chi connectivity index (χ1) is 13.7. The van der Waals surface area contributed by atoms with Gasteiger partial charge >= 0.3 is 5.97 Å². The Bertz CT molecular complexity index is 785. The Balaban J connectivity index is 1.74. The summed E-state index contributed by atoms with van der Waals surface area (Å²) in [4.78, 5) is 51.2. The Labute approximate surface area is 171 Å². The number of aryl methyl sites for hydroxylation is 2. The molecule has 1 aliphatic heterocycles. The summed E-state index contributed by atoms with van der Waals surface area (Å²) in [5.41, 5.74) is 2.68. The van der Waals surface area contributed by atoms with Gasteiger partial charge in [0.2, 0.25) is 11.8 Å². The molecule has 1 aliphatic rings. The molecule has 1 aromatic rings. The quantitative estimate of drug-likeness (QED) is 0.729. The van der Waals surface area contributed by atoms with Crippen LogP contribution in [0.2, 0.25) is 0 Å². The van der Waals surface area contributed by atoms with Crippen LogP contribution in [0, 0.1) is 13.8 Å². The van der Waals surface area contributed by atoms with Crippen molar-refractivity contribution in [1.29, 1.82) is 0 Å². The molecule has 0 aliphatic carbocycles. The molecule has 0 spiro atoms. The van der Waals surface area contributed by atoms with Gasteiger partial charge in [-0.3, -0.25) is 19.2 Å². The van der Waals surface area contributed by atoms with Crippen LogP contribution in [0.25, 0.3) is 0 Å². The number of amides is 3. The van der Waals surface area contributed by atoms with Gasteiger partial charge in [-0.1, -0.05) is 17.7 Å². The van der Waals surface area contributed by atoms with Crippen molar-refractivity contribution >= 4 is 29.4 Å². The molecule has 1 atom stereocenters. The monoisotopic (exact) mass is 403 g/mol. The molecule has 0 radical (unpaired) electrons. The van der Waals surface area contributed by atoms with Crippen molar-refractivity contribution in [2.24, 2.45) is 0 Å². The number of hydrogen-bond acceptors (Lipinski definition) is 5. The number of hydrogen-bond donors (Lipinski definition) is 1. The highest BCUT2D eigenvalue weighted by atomic mass is 16.5. The third-order valence-electron chi connectivity index (χ3n) is 4.94. The Kier molecular flexibility index (Phi) is 7.75. The number of benzene rings is 1. The molecule has 1 saturated heterocycles. The fourth-order valence-electron chi connectivity index (χ4n) is 3.14. The van der Waals surface area contributed by atoms with Crippen LogP contribution in [-0.4, -0.2) is 65.8 Å². The lowest BCUT2D eigenvalue weighted by Gasteiger charge is -2.34. The van der Waals surface area contributed by atoms with Crippen molar-refractivity contribution < 1.29 is 23.9 Å². The zero-order chi connectivity index (χ0) is 21.6. The van der Waals surface area contributed by atoms with Gasteiger partial charge in [-0.2, -0.15) is 0 Å². The number of carbonyl (C=O) groups is 4. The first kappa shape index (κ1) is 22.4. The fraction of sp³-hybridized carbons (Fsp3) is 0.524. The topological polar surface area (TPSA) is 96.0 Å². The van der Waals surface area contributed by atoms with E-state index in [0.29, 0.717) is 31.9 Å². The fourth-order valence-corrected chi connectivity index (χ4v) is 3.14. The number of nitrogens with one attached hydrogen (secondary N) is 1. The molecule has 8 nitrogen and oxygen atoms in total. The van der Waals surface area contributed by atoms with Crippen molar-refractivity contribution in [1.82, 2.24) is 9.80 Å². The Morgan fingerprint density at radius 3 is 2.24 bits per heavy atom. The van der Waals surface area contributed by atoms with Crippen molar-refractivity contribution in [2.45, 2.75) is 46.6 Å². The number of piperazine rings is 1. The third-order valence-corrected chi connectivity index (χ3v) is 4.94. The number of anilines is 1. The summed E-state index contributed by atoms with van der Waals surface area (Å²) in [5.74, 6) is -1.17. The van der Waals surface area contributed by atoms with Crippen LogP contribution in [0.5, 0.6) is 0 Å². The molecule has 8 heteroatoms. The predicted octanol–water partition coefficient (Wildman–Crippen LogP) is 1.64. The van der Waals surface area contributed by atoms with Crippen LogP contribution >= 0.6 is 0 Å². The van der Waals surface area contributed by atoms with Crippen LogP contribution in [-0.2, 0) is 23.9 Å². The normalized spacial score (nSPS) is 14.9. The number of rotatable bonds is 6. The summed E-state index contributed by atoms with van der Waals surface area (Å²) < 4.78 is 5.16. The smallest absolute Gasteiger partial charge is 0.307 e. The highest BCUT2D eigenvalue weighted by molar-refractivity contribution is 5.95. The molecule has 0 unspecified atom stereocenters. The Morgan fingerprint density at radius 1 is 1.03 bits per heavy atom. The molecule has 0 saturated carbocycles. The first-order valence-corrected chi connectivity index (χ1v) is 9.78. The van der Waals surface area contributed by atoms with E-state index in [1.807, 2.05) is 32.0 Å². The molecular weight excluding hydrogens is 374 g/mol. The van der Waals surface area contributed by atoms with Gasteiger partial charge in [-0.05, 0) is 32.4 Å². The number of ether oxygens (including phenoxy) is 1. The maximum Gasteiger partial charge on any atom is 0.307 e. The molecule has 1 heterocycles. The van der Waals surface area contributed by atoms with Gasteiger partial charge in [-0.15, -0.1) is 0 Å². The van der Waals surface area contributed by atoms with E-state index in [0.717, 1.165) is 11.1 Å². The zero-order valence-corrected chi connectivity index (χ0v) is 17.5. The highest BCUT2D eigenvalue weighted by Crippen LogP contribution is 2.16. The molecule has 158 valence electrons. The van der Waals surface area contributed by atoms with Crippen LogP contribution in [0.3, 0.4) is 0 Å². The number of carbonyl (C=O) groups excluding carboxylic acids is 4. The molecule has 2 rings (SSSR count). The third kappa shape index (κ3) is 6.58. The average molecular weight is 403 g/mol. The van der Waals surface area contributed by atoms with Crippen molar-refractivity contribution in [3.8, 4) is 0 Å². The van der Waals surface area contributed by atoms with Crippen molar-refractivity contribution in [3.63, 3.8) is 0 Å². The molecule has 3 amide bonds. The second-order valence-corrected chi connectivity index (χ2v) is 7.33. The van der Waals surface area contributed by atoms with Gasteiger partial charge in [0.1, 0.15) is 0 Å². The molecule has 29 heavy (non-hydrogen) atoms. The second kappa shape index (κ2) is 10.0. The summed E-state index contributed by atoms with van der Waals surface area (Å²) in [6.07, 6.45) is -1.03. The van der Waals surface area contributed by atoms with E-state index in [-0.39, 0.29) is 24.7 Å². The minimum atomic E-state index is -0.961. The summed E-state index contributed by atoms with van der Waals surface area (Å²) in [6, 6.07) is 5.65. The largest absolute Gasteiger partial charge is 0.453 e. The lowest BCUT2D eigenvalue weighted by Crippen LogP contribution is -2.50. The van der Waals surface area contributed by atoms with Crippen LogP contribution < -0.4 is 5.32 Å². The van der Waals surface area contributed by atoms with E-state index >= 15 is 0 Å². The molecule has 0 aromatic heterocycles. The summed E-state index contributed by atoms with van der Waals surface area (Å²) in [5, 5.41) is 2.75. The van der Waals surface area contributed by atoms with Gasteiger partial charge in [0.15, 0.2) is 6.10 Å². The maximum absolute atomic E-state index is 12.3. The zero-order valence-electron chi connectivity index (χ0n) is 17.5. The predicted molar refractivity (Wildman–Crippen MR) is 108 cm³/mol. The average Bonchev–Trinajstić information content (AvgIpc) is 2.68. The number of esters is 1. The van der Waals surface area contributed by atoms with E-state index in [2.05, 4.69) is 5.32 Å². The maximum atomic E-state index is 12.3. The molecule has 1 N–H and O–H groups in total. The lowest BCUT2D eigenvalue weighted by molar-refractivity contribution is -0.154. The van der Waals surface area contributed by atoms with E-state index in [4.69, 9.17) is 4.74 Å². The minimum Gasteiger partial charge on any atom is -0.453 e. The van der Waals surface area contributed by atoms with Gasteiger partial charge in [0.25, 0.3) is 5.91 Å². The molecular formula is C21H29N3O5. The highest BCUT2D eigenvalue weighted by Gasteiger charge is 2.24. The van der Waals surface area contributed by atoms with Crippen LogP contribution in [0.4, 0.5) is 5.69 Å². The summed E-state index contributed by atoms with van der Waals surface area (Å²) in [6.45, 7) is 8.78. The van der Waals surface area contributed by atoms with Gasteiger partial charge in [0.05, 0.1) is 6.42 Å². The van der Waals surface area contributed by atoms with Crippen molar-refractivity contribution in [3.05, 3.63) is 29.3 Å². The Morgan fingerprint density at radius 2 is 1.66 bits per heavy atom. The van der Waals surface area contributed by atoms with Crippen LogP contribution in [0.15, 0.2) is 18.2 Å². The van der Waals surface area contributed by atoms with Crippen LogP contribution in [0.1, 0.15) is 37.8 Å². The summed E-state index contributed by atoms with van der Waals surface area (Å²) >= 11 is 0. The van der Waals surface area contributed by atoms with E-state index in [9.17, 15) is 19.2 Å².